The minimum atomic E-state index is -2.60. The second kappa shape index (κ2) is 5.77. The van der Waals surface area contributed by atoms with E-state index in [0.717, 1.165) is 5.56 Å². The van der Waals surface area contributed by atoms with Crippen molar-refractivity contribution < 1.29 is 13.5 Å². The highest BCUT2D eigenvalue weighted by Gasteiger charge is 2.14. The molecule has 0 aliphatic carbocycles. The van der Waals surface area contributed by atoms with Gasteiger partial charge in [-0.3, -0.25) is 0 Å². The van der Waals surface area contributed by atoms with Gasteiger partial charge in [-0.15, -0.1) is 0 Å². The van der Waals surface area contributed by atoms with Gasteiger partial charge in [0.05, 0.1) is 12.8 Å². The van der Waals surface area contributed by atoms with Gasteiger partial charge in [0.2, 0.25) is 0 Å². The van der Waals surface area contributed by atoms with Gasteiger partial charge in [-0.25, -0.2) is 8.78 Å². The van der Waals surface area contributed by atoms with Gasteiger partial charge in [-0.1, -0.05) is 6.07 Å². The van der Waals surface area contributed by atoms with Crippen LogP contribution in [0.15, 0.2) is 36.4 Å². The van der Waals surface area contributed by atoms with Gasteiger partial charge in [0.25, 0.3) is 6.43 Å². The standard InChI is InChI=1S/C15H16F2N2O/c1-9-3-6-14(20-2)13(7-9)19-12-5-4-10(18)8-11(12)15(16)17/h3-8,15,19H,18H2,1-2H3. The maximum Gasteiger partial charge on any atom is 0.265 e. The Morgan fingerprint density at radius 2 is 1.85 bits per heavy atom. The molecule has 0 bridgehead atoms. The van der Waals surface area contributed by atoms with Gasteiger partial charge in [0.1, 0.15) is 5.75 Å². The zero-order valence-electron chi connectivity index (χ0n) is 11.3. The van der Waals surface area contributed by atoms with E-state index < -0.39 is 6.43 Å². The first kappa shape index (κ1) is 14.1. The zero-order chi connectivity index (χ0) is 14.7. The van der Waals surface area contributed by atoms with Crippen LogP contribution >= 0.6 is 0 Å². The molecular weight excluding hydrogens is 262 g/mol. The Bertz CT molecular complexity index is 615. The Labute approximate surface area is 116 Å². The molecule has 0 amide bonds. The smallest absolute Gasteiger partial charge is 0.265 e. The summed E-state index contributed by atoms with van der Waals surface area (Å²) < 4.78 is 31.3. The molecule has 3 N–H and O–H groups in total. The monoisotopic (exact) mass is 278 g/mol. The fraction of sp³-hybridized carbons (Fsp3) is 0.200. The molecule has 0 atom stereocenters. The summed E-state index contributed by atoms with van der Waals surface area (Å²) in [5, 5.41) is 2.98. The molecule has 20 heavy (non-hydrogen) atoms. The zero-order valence-corrected chi connectivity index (χ0v) is 11.3. The van der Waals surface area contributed by atoms with Crippen LogP contribution in [0.2, 0.25) is 0 Å². The van der Waals surface area contributed by atoms with Gasteiger partial charge in [0, 0.05) is 16.9 Å². The van der Waals surface area contributed by atoms with Crippen molar-refractivity contribution in [3.63, 3.8) is 0 Å². The number of nitrogens with one attached hydrogen (secondary N) is 1. The van der Waals surface area contributed by atoms with E-state index in [9.17, 15) is 8.78 Å². The lowest BCUT2D eigenvalue weighted by molar-refractivity contribution is 0.152. The second-order valence-corrected chi connectivity index (χ2v) is 4.48. The van der Waals surface area contributed by atoms with Crippen molar-refractivity contribution in [1.82, 2.24) is 0 Å². The largest absolute Gasteiger partial charge is 0.495 e. The minimum Gasteiger partial charge on any atom is -0.495 e. The first-order valence-electron chi connectivity index (χ1n) is 6.10. The van der Waals surface area contributed by atoms with Crippen LogP contribution in [0.25, 0.3) is 0 Å². The first-order valence-corrected chi connectivity index (χ1v) is 6.10. The molecule has 0 spiro atoms. The Hall–Kier alpha value is -2.30. The third-order valence-corrected chi connectivity index (χ3v) is 2.94. The molecule has 0 radical (unpaired) electrons. The molecule has 0 saturated heterocycles. The average molecular weight is 278 g/mol. The number of anilines is 3. The summed E-state index contributed by atoms with van der Waals surface area (Å²) in [6, 6.07) is 9.91. The number of alkyl halides is 2. The number of benzene rings is 2. The van der Waals surface area contributed by atoms with Crippen molar-refractivity contribution in [1.29, 1.82) is 0 Å². The topological polar surface area (TPSA) is 47.3 Å². The van der Waals surface area contributed by atoms with Crippen LogP contribution in [-0.2, 0) is 0 Å². The normalized spacial score (nSPS) is 10.7. The minimum absolute atomic E-state index is 0.131. The second-order valence-electron chi connectivity index (χ2n) is 4.48. The Kier molecular flexibility index (Phi) is 4.08. The predicted octanol–water partition coefficient (Wildman–Crippen LogP) is 4.27. The lowest BCUT2D eigenvalue weighted by Crippen LogP contribution is -2.00. The SMILES string of the molecule is COc1ccc(C)cc1Nc1ccc(N)cc1C(F)F. The van der Waals surface area contributed by atoms with E-state index >= 15 is 0 Å². The first-order chi connectivity index (χ1) is 9.51. The lowest BCUT2D eigenvalue weighted by atomic mass is 10.1. The summed E-state index contributed by atoms with van der Waals surface area (Å²) in [7, 11) is 1.53. The maximum absolute atomic E-state index is 13.0. The predicted molar refractivity (Wildman–Crippen MR) is 76.8 cm³/mol. The highest BCUT2D eigenvalue weighted by molar-refractivity contribution is 5.71. The van der Waals surface area contributed by atoms with E-state index in [1.165, 1.54) is 13.2 Å². The van der Waals surface area contributed by atoms with Crippen molar-refractivity contribution in [3.05, 3.63) is 47.5 Å². The van der Waals surface area contributed by atoms with Gasteiger partial charge in [-0.05, 0) is 42.8 Å². The summed E-state index contributed by atoms with van der Waals surface area (Å²) >= 11 is 0. The molecule has 2 aromatic carbocycles. The Morgan fingerprint density at radius 3 is 2.50 bits per heavy atom. The van der Waals surface area contributed by atoms with E-state index in [-0.39, 0.29) is 5.56 Å². The van der Waals surface area contributed by atoms with Gasteiger partial charge in [-0.2, -0.15) is 0 Å². The number of aryl methyl sites for hydroxylation is 1. The van der Waals surface area contributed by atoms with Crippen LogP contribution in [0.4, 0.5) is 25.8 Å². The number of rotatable bonds is 4. The molecule has 2 aromatic rings. The molecule has 0 aliphatic rings. The Morgan fingerprint density at radius 1 is 1.10 bits per heavy atom. The van der Waals surface area contributed by atoms with E-state index in [0.29, 0.717) is 22.8 Å². The highest BCUT2D eigenvalue weighted by Crippen LogP contribution is 2.34. The molecular formula is C15H16F2N2O. The van der Waals surface area contributed by atoms with Crippen molar-refractivity contribution in [2.45, 2.75) is 13.3 Å². The number of methoxy groups -OCH3 is 1. The summed E-state index contributed by atoms with van der Waals surface area (Å²) in [5.74, 6) is 0.590. The molecule has 0 aliphatic heterocycles. The van der Waals surface area contributed by atoms with Crippen LogP contribution in [-0.4, -0.2) is 7.11 Å². The van der Waals surface area contributed by atoms with Crippen molar-refractivity contribution in [2.24, 2.45) is 0 Å². The summed E-state index contributed by atoms with van der Waals surface area (Å²) in [5.41, 5.74) is 7.69. The Balaban J connectivity index is 2.42. The molecule has 2 rings (SSSR count). The quantitative estimate of drug-likeness (QED) is 0.821. The number of hydrogen-bond acceptors (Lipinski definition) is 3. The van der Waals surface area contributed by atoms with Crippen molar-refractivity contribution in [2.75, 3.05) is 18.2 Å². The molecule has 5 heteroatoms. The van der Waals surface area contributed by atoms with Gasteiger partial charge >= 0.3 is 0 Å². The average Bonchev–Trinajstić information content (AvgIpc) is 2.41. The maximum atomic E-state index is 13.0. The molecule has 0 aromatic heterocycles. The summed E-state index contributed by atoms with van der Waals surface area (Å²) in [6.07, 6.45) is -2.60. The van der Waals surface area contributed by atoms with Crippen molar-refractivity contribution in [3.8, 4) is 5.75 Å². The molecule has 0 saturated carbocycles. The number of halogens is 2. The van der Waals surface area contributed by atoms with Crippen LogP contribution in [0.3, 0.4) is 0 Å². The molecule has 0 unspecified atom stereocenters. The van der Waals surface area contributed by atoms with E-state index in [2.05, 4.69) is 5.32 Å². The van der Waals surface area contributed by atoms with Crippen molar-refractivity contribution >= 4 is 17.1 Å². The third kappa shape index (κ3) is 2.99. The summed E-state index contributed by atoms with van der Waals surface area (Å²) in [4.78, 5) is 0. The number of hydrogen-bond donors (Lipinski definition) is 2. The van der Waals surface area contributed by atoms with Crippen LogP contribution in [0.5, 0.6) is 5.75 Å². The van der Waals surface area contributed by atoms with Gasteiger partial charge < -0.3 is 15.8 Å². The van der Waals surface area contributed by atoms with Crippen LogP contribution < -0.4 is 15.8 Å². The van der Waals surface area contributed by atoms with E-state index in [1.54, 1.807) is 18.2 Å². The van der Waals surface area contributed by atoms with Crippen LogP contribution in [0, 0.1) is 6.92 Å². The number of nitrogens with two attached hydrogens (primary N) is 1. The third-order valence-electron chi connectivity index (χ3n) is 2.94. The molecule has 106 valence electrons. The number of ether oxygens (including phenoxy) is 1. The molecule has 0 heterocycles. The molecule has 3 nitrogen and oxygen atoms in total. The fourth-order valence-electron chi connectivity index (χ4n) is 1.94. The van der Waals surface area contributed by atoms with Crippen LogP contribution in [0.1, 0.15) is 17.6 Å². The number of nitrogen functional groups attached to an aromatic ring is 1. The lowest BCUT2D eigenvalue weighted by Gasteiger charge is -2.15. The van der Waals surface area contributed by atoms with E-state index in [4.69, 9.17) is 10.5 Å². The van der Waals surface area contributed by atoms with Gasteiger partial charge in [0.15, 0.2) is 0 Å². The fourth-order valence-corrected chi connectivity index (χ4v) is 1.94. The summed E-state index contributed by atoms with van der Waals surface area (Å²) in [6.45, 7) is 1.92. The molecule has 0 fully saturated rings. The van der Waals surface area contributed by atoms with E-state index in [1.807, 2.05) is 19.1 Å². The highest BCUT2D eigenvalue weighted by atomic mass is 19.3.